The van der Waals surface area contributed by atoms with Gasteiger partial charge in [-0.25, -0.2) is 12.7 Å². The summed E-state index contributed by atoms with van der Waals surface area (Å²) in [6.45, 7) is 6.44. The quantitative estimate of drug-likeness (QED) is 0.699. The minimum absolute atomic E-state index is 0.0774. The lowest BCUT2D eigenvalue weighted by molar-refractivity contribution is 0.0935. The molecule has 28 heavy (non-hydrogen) atoms. The van der Waals surface area contributed by atoms with E-state index in [1.807, 2.05) is 18.2 Å². The molecule has 2 rings (SSSR count). The molecule has 0 bridgehead atoms. The molecule has 2 aromatic rings. The number of carbonyl (C=O) groups excluding carboxylic acids is 1. The number of carbonyl (C=O) groups is 1. The van der Waals surface area contributed by atoms with Gasteiger partial charge in [-0.3, -0.25) is 9.69 Å². The molecule has 0 aliphatic rings. The Morgan fingerprint density at radius 1 is 0.964 bits per heavy atom. The van der Waals surface area contributed by atoms with Crippen molar-refractivity contribution in [2.24, 2.45) is 0 Å². The third-order valence-electron chi connectivity index (χ3n) is 4.79. The zero-order valence-electron chi connectivity index (χ0n) is 16.9. The first kappa shape index (κ1) is 22.1. The van der Waals surface area contributed by atoms with E-state index in [-0.39, 0.29) is 16.8 Å². The van der Waals surface area contributed by atoms with Gasteiger partial charge < -0.3 is 5.32 Å². The fourth-order valence-corrected chi connectivity index (χ4v) is 3.98. The van der Waals surface area contributed by atoms with Crippen LogP contribution in [0.15, 0.2) is 59.5 Å². The Kier molecular flexibility index (Phi) is 7.74. The molecule has 0 fully saturated rings. The molecule has 0 aliphatic carbocycles. The zero-order chi connectivity index (χ0) is 20.7. The number of amides is 1. The summed E-state index contributed by atoms with van der Waals surface area (Å²) in [4.78, 5) is 15.0. The van der Waals surface area contributed by atoms with Crippen molar-refractivity contribution >= 4 is 15.9 Å². The summed E-state index contributed by atoms with van der Waals surface area (Å²) in [5.74, 6) is -0.220. The largest absolute Gasteiger partial charge is 0.350 e. The summed E-state index contributed by atoms with van der Waals surface area (Å²) < 4.78 is 25.4. The molecule has 1 N–H and O–H groups in total. The average molecular weight is 404 g/mol. The van der Waals surface area contributed by atoms with Crippen molar-refractivity contribution < 1.29 is 13.2 Å². The number of rotatable bonds is 9. The molecule has 0 heterocycles. The first-order valence-corrected chi connectivity index (χ1v) is 10.8. The van der Waals surface area contributed by atoms with Crippen molar-refractivity contribution in [2.45, 2.75) is 24.8 Å². The van der Waals surface area contributed by atoms with Gasteiger partial charge in [0, 0.05) is 26.2 Å². The van der Waals surface area contributed by atoms with Crippen LogP contribution in [0.4, 0.5) is 0 Å². The van der Waals surface area contributed by atoms with Crippen LogP contribution in [0.1, 0.15) is 35.8 Å². The van der Waals surface area contributed by atoms with E-state index in [0.717, 1.165) is 23.0 Å². The van der Waals surface area contributed by atoms with Crippen LogP contribution in [0.25, 0.3) is 0 Å². The van der Waals surface area contributed by atoms with Gasteiger partial charge in [0.25, 0.3) is 5.91 Å². The van der Waals surface area contributed by atoms with Gasteiger partial charge in [0.05, 0.1) is 10.9 Å². The predicted molar refractivity (Wildman–Crippen MR) is 112 cm³/mol. The second-order valence-corrected chi connectivity index (χ2v) is 8.82. The predicted octanol–water partition coefficient (Wildman–Crippen LogP) is 2.75. The molecule has 2 aromatic carbocycles. The molecule has 0 aromatic heterocycles. The Bertz CT molecular complexity index is 862. The van der Waals surface area contributed by atoms with E-state index in [4.69, 9.17) is 0 Å². The summed E-state index contributed by atoms with van der Waals surface area (Å²) in [6.07, 6.45) is 0. The SMILES string of the molecule is CCN(CC)[C@@H](CNC(=O)c1ccc(S(=O)(=O)N(C)C)cc1)c1ccccc1. The third-order valence-corrected chi connectivity index (χ3v) is 6.62. The maximum atomic E-state index is 12.6. The highest BCUT2D eigenvalue weighted by Gasteiger charge is 2.20. The molecule has 0 saturated carbocycles. The lowest BCUT2D eigenvalue weighted by Gasteiger charge is -2.30. The fraction of sp³-hybridized carbons (Fsp3) is 0.381. The molecule has 0 aliphatic heterocycles. The van der Waals surface area contributed by atoms with E-state index in [1.54, 1.807) is 12.1 Å². The third kappa shape index (κ3) is 5.19. The monoisotopic (exact) mass is 403 g/mol. The number of nitrogens with zero attached hydrogens (tertiary/aromatic N) is 2. The Morgan fingerprint density at radius 2 is 1.54 bits per heavy atom. The van der Waals surface area contributed by atoms with Gasteiger partial charge in [-0.15, -0.1) is 0 Å². The van der Waals surface area contributed by atoms with Gasteiger partial charge >= 0.3 is 0 Å². The van der Waals surface area contributed by atoms with Gasteiger partial charge in [-0.05, 0) is 42.9 Å². The first-order chi connectivity index (χ1) is 13.3. The van der Waals surface area contributed by atoms with Crippen LogP contribution in [0.2, 0.25) is 0 Å². The maximum absolute atomic E-state index is 12.6. The lowest BCUT2D eigenvalue weighted by Crippen LogP contribution is -2.38. The zero-order valence-corrected chi connectivity index (χ0v) is 17.7. The van der Waals surface area contributed by atoms with Crippen molar-refractivity contribution in [3.8, 4) is 0 Å². The summed E-state index contributed by atoms with van der Waals surface area (Å²) in [7, 11) is -0.546. The van der Waals surface area contributed by atoms with E-state index in [1.165, 1.54) is 26.2 Å². The number of nitrogens with one attached hydrogen (secondary N) is 1. The fourth-order valence-electron chi connectivity index (χ4n) is 3.08. The van der Waals surface area contributed by atoms with Crippen LogP contribution in [-0.2, 0) is 10.0 Å². The number of hydrogen-bond donors (Lipinski definition) is 1. The summed E-state index contributed by atoms with van der Waals surface area (Å²) in [6, 6.07) is 16.2. The average Bonchev–Trinajstić information content (AvgIpc) is 2.71. The highest BCUT2D eigenvalue weighted by atomic mass is 32.2. The molecule has 1 amide bonds. The normalized spacial score (nSPS) is 12.9. The van der Waals surface area contributed by atoms with Crippen LogP contribution in [0.5, 0.6) is 0 Å². The summed E-state index contributed by atoms with van der Waals surface area (Å²) in [5.41, 5.74) is 1.59. The molecule has 7 heteroatoms. The van der Waals surface area contributed by atoms with E-state index >= 15 is 0 Å². The first-order valence-electron chi connectivity index (χ1n) is 9.41. The van der Waals surface area contributed by atoms with E-state index in [2.05, 4.69) is 36.2 Å². The van der Waals surface area contributed by atoms with Crippen LogP contribution in [0.3, 0.4) is 0 Å². The molecular weight excluding hydrogens is 374 g/mol. The number of hydrogen-bond acceptors (Lipinski definition) is 4. The summed E-state index contributed by atoms with van der Waals surface area (Å²) >= 11 is 0. The van der Waals surface area contributed by atoms with Crippen molar-refractivity contribution in [3.05, 3.63) is 65.7 Å². The topological polar surface area (TPSA) is 69.7 Å². The molecule has 0 spiro atoms. The second-order valence-electron chi connectivity index (χ2n) is 6.67. The lowest BCUT2D eigenvalue weighted by atomic mass is 10.0. The Balaban J connectivity index is 2.12. The van der Waals surface area contributed by atoms with E-state index < -0.39 is 10.0 Å². The Labute approximate surface area is 168 Å². The van der Waals surface area contributed by atoms with Crippen LogP contribution < -0.4 is 5.32 Å². The smallest absolute Gasteiger partial charge is 0.251 e. The molecule has 1 atom stereocenters. The van der Waals surface area contributed by atoms with Gasteiger partial charge in [0.2, 0.25) is 10.0 Å². The molecule has 0 unspecified atom stereocenters. The highest BCUT2D eigenvalue weighted by molar-refractivity contribution is 7.89. The minimum Gasteiger partial charge on any atom is -0.350 e. The number of likely N-dealkylation sites (N-methyl/N-ethyl adjacent to an activating group) is 1. The van der Waals surface area contributed by atoms with E-state index in [9.17, 15) is 13.2 Å². The van der Waals surface area contributed by atoms with Gasteiger partial charge in [-0.1, -0.05) is 44.2 Å². The molecule has 152 valence electrons. The Hall–Kier alpha value is -2.22. The van der Waals surface area contributed by atoms with E-state index in [0.29, 0.717) is 12.1 Å². The highest BCUT2D eigenvalue weighted by Crippen LogP contribution is 2.20. The van der Waals surface area contributed by atoms with Gasteiger partial charge in [0.1, 0.15) is 0 Å². The van der Waals surface area contributed by atoms with Crippen LogP contribution in [0, 0.1) is 0 Å². The maximum Gasteiger partial charge on any atom is 0.251 e. The standard InChI is InChI=1S/C21H29N3O3S/c1-5-24(6-2)20(17-10-8-7-9-11-17)16-22-21(25)18-12-14-19(15-13-18)28(26,27)23(3)4/h7-15,20H,5-6,16H2,1-4H3,(H,22,25)/t20-/m0/s1. The number of sulfonamides is 1. The second kappa shape index (κ2) is 9.82. The molecule has 6 nitrogen and oxygen atoms in total. The van der Waals surface area contributed by atoms with Crippen LogP contribution >= 0.6 is 0 Å². The Morgan fingerprint density at radius 3 is 2.04 bits per heavy atom. The van der Waals surface area contributed by atoms with Gasteiger partial charge in [0.15, 0.2) is 0 Å². The van der Waals surface area contributed by atoms with Crippen molar-refractivity contribution in [2.75, 3.05) is 33.7 Å². The molecule has 0 saturated heterocycles. The number of benzene rings is 2. The van der Waals surface area contributed by atoms with Crippen molar-refractivity contribution in [1.82, 2.24) is 14.5 Å². The summed E-state index contributed by atoms with van der Waals surface area (Å²) in [5, 5.41) is 2.99. The van der Waals surface area contributed by atoms with Crippen molar-refractivity contribution in [3.63, 3.8) is 0 Å². The van der Waals surface area contributed by atoms with Crippen molar-refractivity contribution in [1.29, 1.82) is 0 Å². The van der Waals surface area contributed by atoms with Crippen LogP contribution in [-0.4, -0.2) is 57.3 Å². The van der Waals surface area contributed by atoms with Gasteiger partial charge in [-0.2, -0.15) is 0 Å². The molecule has 0 radical (unpaired) electrons. The minimum atomic E-state index is -3.50. The molecular formula is C21H29N3O3S.